The quantitative estimate of drug-likeness (QED) is 0.847. The molecule has 19 heavy (non-hydrogen) atoms. The van der Waals surface area contributed by atoms with E-state index in [1.54, 1.807) is 0 Å². The van der Waals surface area contributed by atoms with Crippen molar-refractivity contribution in [2.45, 2.75) is 25.8 Å². The van der Waals surface area contributed by atoms with Crippen LogP contribution in [0.1, 0.15) is 30.6 Å². The number of nitrogens with zero attached hydrogens (tertiary/aromatic N) is 1. The maximum Gasteiger partial charge on any atom is 0.337 e. The first-order valence-electron chi connectivity index (χ1n) is 6.64. The van der Waals surface area contributed by atoms with Crippen LogP contribution in [0.3, 0.4) is 0 Å². The van der Waals surface area contributed by atoms with Crippen LogP contribution in [0.5, 0.6) is 0 Å². The van der Waals surface area contributed by atoms with E-state index in [9.17, 15) is 4.79 Å². The van der Waals surface area contributed by atoms with Gasteiger partial charge in [0.15, 0.2) is 0 Å². The molecule has 4 nitrogen and oxygen atoms in total. The van der Waals surface area contributed by atoms with E-state index in [4.69, 9.17) is 10.5 Å². The summed E-state index contributed by atoms with van der Waals surface area (Å²) in [5.41, 5.74) is 7.61. The largest absolute Gasteiger partial charge is 0.465 e. The van der Waals surface area contributed by atoms with E-state index < -0.39 is 0 Å². The van der Waals surface area contributed by atoms with Gasteiger partial charge in [-0.1, -0.05) is 0 Å². The first kappa shape index (κ1) is 13.9. The van der Waals surface area contributed by atoms with Gasteiger partial charge < -0.3 is 15.4 Å². The Balaban J connectivity index is 2.20. The van der Waals surface area contributed by atoms with Crippen molar-refractivity contribution in [2.75, 3.05) is 25.1 Å². The summed E-state index contributed by atoms with van der Waals surface area (Å²) < 4.78 is 4.71. The standard InChI is InChI=1S/C15H22N2O2/c1-15(2)8-11(9-16)10-17(15)13-6-4-12(5-7-13)14(18)19-3/h4-7,11H,8-10,16H2,1-3H3. The number of benzene rings is 1. The molecule has 0 aromatic heterocycles. The monoisotopic (exact) mass is 262 g/mol. The number of carbonyl (C=O) groups excluding carboxylic acids is 1. The molecule has 1 aromatic carbocycles. The SMILES string of the molecule is COC(=O)c1ccc(N2CC(CN)CC2(C)C)cc1. The second-order valence-corrected chi connectivity index (χ2v) is 5.77. The number of esters is 1. The molecule has 1 fully saturated rings. The summed E-state index contributed by atoms with van der Waals surface area (Å²) in [7, 11) is 1.39. The zero-order valence-electron chi connectivity index (χ0n) is 11.8. The Kier molecular flexibility index (Phi) is 3.80. The lowest BCUT2D eigenvalue weighted by molar-refractivity contribution is 0.0601. The molecule has 1 unspecified atom stereocenters. The summed E-state index contributed by atoms with van der Waals surface area (Å²) >= 11 is 0. The number of ether oxygens (including phenoxy) is 1. The molecule has 0 amide bonds. The Bertz CT molecular complexity index is 454. The summed E-state index contributed by atoms with van der Waals surface area (Å²) in [6.45, 7) is 6.16. The third kappa shape index (κ3) is 2.73. The molecule has 104 valence electrons. The molecule has 1 aromatic rings. The first-order chi connectivity index (χ1) is 8.97. The minimum absolute atomic E-state index is 0.108. The van der Waals surface area contributed by atoms with E-state index in [2.05, 4.69) is 18.7 Å². The fourth-order valence-corrected chi connectivity index (χ4v) is 2.89. The summed E-state index contributed by atoms with van der Waals surface area (Å²) in [4.78, 5) is 13.8. The Hall–Kier alpha value is -1.55. The van der Waals surface area contributed by atoms with Gasteiger partial charge in [0.05, 0.1) is 12.7 Å². The molecule has 0 saturated carbocycles. The van der Waals surface area contributed by atoms with E-state index in [0.717, 1.165) is 25.2 Å². The summed E-state index contributed by atoms with van der Waals surface area (Å²) in [5.74, 6) is 0.238. The van der Waals surface area contributed by atoms with E-state index in [1.807, 2.05) is 24.3 Å². The molecule has 0 spiro atoms. The van der Waals surface area contributed by atoms with Gasteiger partial charge in [-0.2, -0.15) is 0 Å². The lowest BCUT2D eigenvalue weighted by atomic mass is 9.96. The van der Waals surface area contributed by atoms with Crippen LogP contribution in [-0.2, 0) is 4.74 Å². The van der Waals surface area contributed by atoms with Crippen LogP contribution in [0.2, 0.25) is 0 Å². The van der Waals surface area contributed by atoms with Crippen LogP contribution in [0.25, 0.3) is 0 Å². The van der Waals surface area contributed by atoms with Crippen molar-refractivity contribution in [2.24, 2.45) is 11.7 Å². The Morgan fingerprint density at radius 2 is 2.05 bits per heavy atom. The highest BCUT2D eigenvalue weighted by atomic mass is 16.5. The van der Waals surface area contributed by atoms with Gasteiger partial charge in [0.25, 0.3) is 0 Å². The zero-order valence-corrected chi connectivity index (χ0v) is 11.8. The van der Waals surface area contributed by atoms with Gasteiger partial charge in [-0.25, -0.2) is 4.79 Å². The maximum atomic E-state index is 11.4. The lowest BCUT2D eigenvalue weighted by Gasteiger charge is -2.33. The van der Waals surface area contributed by atoms with Crippen LogP contribution in [-0.4, -0.2) is 31.7 Å². The average Bonchev–Trinajstić information content (AvgIpc) is 2.73. The summed E-state index contributed by atoms with van der Waals surface area (Å²) in [5, 5.41) is 0. The maximum absolute atomic E-state index is 11.4. The van der Waals surface area contributed by atoms with Crippen molar-refractivity contribution in [3.8, 4) is 0 Å². The normalized spacial score (nSPS) is 21.5. The molecule has 2 N–H and O–H groups in total. The van der Waals surface area contributed by atoms with Gasteiger partial charge in [0.2, 0.25) is 0 Å². The molecular weight excluding hydrogens is 240 g/mol. The van der Waals surface area contributed by atoms with Gasteiger partial charge in [0, 0.05) is 17.8 Å². The van der Waals surface area contributed by atoms with Gasteiger partial charge in [-0.3, -0.25) is 0 Å². The molecular formula is C15H22N2O2. The van der Waals surface area contributed by atoms with Crippen LogP contribution >= 0.6 is 0 Å². The lowest BCUT2D eigenvalue weighted by Crippen LogP contribution is -2.38. The molecule has 1 saturated heterocycles. The first-order valence-corrected chi connectivity index (χ1v) is 6.64. The molecule has 2 rings (SSSR count). The van der Waals surface area contributed by atoms with Crippen LogP contribution in [0.15, 0.2) is 24.3 Å². The topological polar surface area (TPSA) is 55.6 Å². The molecule has 1 aliphatic heterocycles. The number of hydrogen-bond donors (Lipinski definition) is 1. The number of anilines is 1. The van der Waals surface area contributed by atoms with E-state index in [-0.39, 0.29) is 11.5 Å². The fraction of sp³-hybridized carbons (Fsp3) is 0.533. The second kappa shape index (κ2) is 5.21. The summed E-state index contributed by atoms with van der Waals surface area (Å²) in [6.07, 6.45) is 1.10. The Morgan fingerprint density at radius 3 is 2.53 bits per heavy atom. The highest BCUT2D eigenvalue weighted by molar-refractivity contribution is 5.89. The zero-order chi connectivity index (χ0) is 14.0. The van der Waals surface area contributed by atoms with E-state index in [1.165, 1.54) is 7.11 Å². The van der Waals surface area contributed by atoms with Gasteiger partial charge >= 0.3 is 5.97 Å². The van der Waals surface area contributed by atoms with Crippen molar-refractivity contribution >= 4 is 11.7 Å². The summed E-state index contributed by atoms with van der Waals surface area (Å²) in [6, 6.07) is 7.58. The molecule has 0 bridgehead atoms. The number of hydrogen-bond acceptors (Lipinski definition) is 4. The average molecular weight is 262 g/mol. The van der Waals surface area contributed by atoms with Crippen molar-refractivity contribution in [3.63, 3.8) is 0 Å². The van der Waals surface area contributed by atoms with Gasteiger partial charge in [-0.15, -0.1) is 0 Å². The third-order valence-electron chi connectivity index (χ3n) is 3.89. The number of carbonyl (C=O) groups is 1. The third-order valence-corrected chi connectivity index (χ3v) is 3.89. The number of rotatable bonds is 3. The van der Waals surface area contributed by atoms with Crippen molar-refractivity contribution < 1.29 is 9.53 Å². The highest BCUT2D eigenvalue weighted by Gasteiger charge is 2.37. The minimum atomic E-state index is -0.299. The van der Waals surface area contributed by atoms with Crippen LogP contribution < -0.4 is 10.6 Å². The van der Waals surface area contributed by atoms with Crippen molar-refractivity contribution in [1.29, 1.82) is 0 Å². The predicted octanol–water partition coefficient (Wildman–Crippen LogP) is 2.04. The van der Waals surface area contributed by atoms with Crippen LogP contribution in [0.4, 0.5) is 5.69 Å². The van der Waals surface area contributed by atoms with Gasteiger partial charge in [-0.05, 0) is 57.0 Å². The van der Waals surface area contributed by atoms with Crippen molar-refractivity contribution in [1.82, 2.24) is 0 Å². The Labute approximate surface area is 114 Å². The molecule has 0 radical (unpaired) electrons. The Morgan fingerprint density at radius 1 is 1.42 bits per heavy atom. The van der Waals surface area contributed by atoms with E-state index in [0.29, 0.717) is 11.5 Å². The molecule has 4 heteroatoms. The van der Waals surface area contributed by atoms with Gasteiger partial charge in [0.1, 0.15) is 0 Å². The predicted molar refractivity (Wildman–Crippen MR) is 76.4 cm³/mol. The molecule has 0 aliphatic carbocycles. The molecule has 1 heterocycles. The molecule has 1 atom stereocenters. The molecule has 1 aliphatic rings. The minimum Gasteiger partial charge on any atom is -0.465 e. The second-order valence-electron chi connectivity index (χ2n) is 5.77. The fourth-order valence-electron chi connectivity index (χ4n) is 2.89. The van der Waals surface area contributed by atoms with Crippen LogP contribution in [0, 0.1) is 5.92 Å². The number of methoxy groups -OCH3 is 1. The highest BCUT2D eigenvalue weighted by Crippen LogP contribution is 2.36. The van der Waals surface area contributed by atoms with Crippen molar-refractivity contribution in [3.05, 3.63) is 29.8 Å². The smallest absolute Gasteiger partial charge is 0.337 e. The number of nitrogens with two attached hydrogens (primary N) is 1. The van der Waals surface area contributed by atoms with E-state index >= 15 is 0 Å².